The molecule has 1 fully saturated rings. The molecule has 1 aromatic rings. The third kappa shape index (κ3) is 2.79. The Kier molecular flexibility index (Phi) is 3.81. The van der Waals surface area contributed by atoms with Gasteiger partial charge in [-0.05, 0) is 37.4 Å². The average molecular weight is 250 g/mol. The SMILES string of the molecule is Cc1ccc([N+](=O)[O-])cc1OC1CNCCC1C. The third-order valence-corrected chi connectivity index (χ3v) is 3.42. The van der Waals surface area contributed by atoms with E-state index in [2.05, 4.69) is 12.2 Å². The number of ether oxygens (including phenoxy) is 1. The lowest BCUT2D eigenvalue weighted by atomic mass is 9.97. The lowest BCUT2D eigenvalue weighted by Crippen LogP contribution is -2.42. The molecular weight excluding hydrogens is 232 g/mol. The molecule has 1 aliphatic rings. The van der Waals surface area contributed by atoms with Gasteiger partial charge in [0.25, 0.3) is 5.69 Å². The quantitative estimate of drug-likeness (QED) is 0.660. The van der Waals surface area contributed by atoms with Gasteiger partial charge in [-0.2, -0.15) is 0 Å². The van der Waals surface area contributed by atoms with Gasteiger partial charge < -0.3 is 10.1 Å². The molecule has 5 heteroatoms. The molecule has 1 aliphatic heterocycles. The monoisotopic (exact) mass is 250 g/mol. The molecule has 0 radical (unpaired) electrons. The van der Waals surface area contributed by atoms with Crippen molar-refractivity contribution in [3.05, 3.63) is 33.9 Å². The number of hydrogen-bond donors (Lipinski definition) is 1. The van der Waals surface area contributed by atoms with Crippen LogP contribution in [0.3, 0.4) is 0 Å². The summed E-state index contributed by atoms with van der Waals surface area (Å²) >= 11 is 0. The first-order valence-electron chi connectivity index (χ1n) is 6.20. The molecule has 98 valence electrons. The van der Waals surface area contributed by atoms with Crippen molar-refractivity contribution in [3.63, 3.8) is 0 Å². The highest BCUT2D eigenvalue weighted by Gasteiger charge is 2.23. The maximum absolute atomic E-state index is 10.8. The van der Waals surface area contributed by atoms with Crippen LogP contribution in [0.2, 0.25) is 0 Å². The summed E-state index contributed by atoms with van der Waals surface area (Å²) in [6.45, 7) is 5.86. The van der Waals surface area contributed by atoms with E-state index in [-0.39, 0.29) is 11.8 Å². The summed E-state index contributed by atoms with van der Waals surface area (Å²) in [6.07, 6.45) is 1.15. The second-order valence-electron chi connectivity index (χ2n) is 4.83. The van der Waals surface area contributed by atoms with Crippen molar-refractivity contribution < 1.29 is 9.66 Å². The maximum Gasteiger partial charge on any atom is 0.273 e. The minimum atomic E-state index is -0.394. The second kappa shape index (κ2) is 5.35. The van der Waals surface area contributed by atoms with Crippen LogP contribution in [-0.4, -0.2) is 24.1 Å². The van der Waals surface area contributed by atoms with Gasteiger partial charge in [-0.15, -0.1) is 0 Å². The van der Waals surface area contributed by atoms with Gasteiger partial charge in [-0.1, -0.05) is 6.92 Å². The molecule has 1 heterocycles. The Morgan fingerprint density at radius 3 is 2.94 bits per heavy atom. The summed E-state index contributed by atoms with van der Waals surface area (Å²) in [5.74, 6) is 1.08. The molecule has 2 unspecified atom stereocenters. The number of non-ortho nitro benzene ring substituents is 1. The van der Waals surface area contributed by atoms with Gasteiger partial charge in [-0.3, -0.25) is 10.1 Å². The fraction of sp³-hybridized carbons (Fsp3) is 0.538. The number of piperidine rings is 1. The van der Waals surface area contributed by atoms with E-state index < -0.39 is 4.92 Å². The lowest BCUT2D eigenvalue weighted by Gasteiger charge is -2.30. The van der Waals surface area contributed by atoms with Crippen molar-refractivity contribution in [2.45, 2.75) is 26.4 Å². The topological polar surface area (TPSA) is 64.4 Å². The van der Waals surface area contributed by atoms with Crippen LogP contribution in [0.1, 0.15) is 18.9 Å². The number of aryl methyl sites for hydroxylation is 1. The zero-order valence-corrected chi connectivity index (χ0v) is 10.7. The van der Waals surface area contributed by atoms with Crippen LogP contribution in [0.5, 0.6) is 5.75 Å². The van der Waals surface area contributed by atoms with Gasteiger partial charge in [-0.25, -0.2) is 0 Å². The van der Waals surface area contributed by atoms with Crippen molar-refractivity contribution in [3.8, 4) is 5.75 Å². The standard InChI is InChI=1S/C13H18N2O3/c1-9-3-4-11(15(16)17)7-12(9)18-13-8-14-6-5-10(13)2/h3-4,7,10,13-14H,5-6,8H2,1-2H3. The number of nitro benzene ring substituents is 1. The molecule has 1 aromatic carbocycles. The maximum atomic E-state index is 10.8. The summed E-state index contributed by atoms with van der Waals surface area (Å²) < 4.78 is 5.92. The molecular formula is C13H18N2O3. The Morgan fingerprint density at radius 1 is 1.50 bits per heavy atom. The first-order valence-corrected chi connectivity index (χ1v) is 6.20. The van der Waals surface area contributed by atoms with E-state index in [1.54, 1.807) is 6.07 Å². The fourth-order valence-corrected chi connectivity index (χ4v) is 2.11. The molecule has 2 atom stereocenters. The molecule has 0 saturated carbocycles. The third-order valence-electron chi connectivity index (χ3n) is 3.42. The molecule has 0 bridgehead atoms. The number of rotatable bonds is 3. The van der Waals surface area contributed by atoms with E-state index in [0.29, 0.717) is 11.7 Å². The summed E-state index contributed by atoms with van der Waals surface area (Å²) in [6, 6.07) is 4.75. The molecule has 1 saturated heterocycles. The van der Waals surface area contributed by atoms with Crippen LogP contribution < -0.4 is 10.1 Å². The normalized spacial score (nSPS) is 23.7. The van der Waals surface area contributed by atoms with E-state index in [1.807, 2.05) is 6.92 Å². The Bertz CT molecular complexity index is 448. The Hall–Kier alpha value is -1.62. The Morgan fingerprint density at radius 2 is 2.28 bits per heavy atom. The van der Waals surface area contributed by atoms with Crippen LogP contribution in [0.25, 0.3) is 0 Å². The zero-order chi connectivity index (χ0) is 13.1. The van der Waals surface area contributed by atoms with Gasteiger partial charge in [0.05, 0.1) is 11.0 Å². The molecule has 0 aromatic heterocycles. The number of hydrogen-bond acceptors (Lipinski definition) is 4. The Balaban J connectivity index is 2.17. The minimum Gasteiger partial charge on any atom is -0.488 e. The molecule has 0 amide bonds. The van der Waals surface area contributed by atoms with Crippen LogP contribution in [0.15, 0.2) is 18.2 Å². The number of nitrogens with one attached hydrogen (secondary N) is 1. The molecule has 0 aliphatic carbocycles. The second-order valence-corrected chi connectivity index (χ2v) is 4.83. The summed E-state index contributed by atoms with van der Waals surface area (Å²) in [5, 5.41) is 14.0. The smallest absolute Gasteiger partial charge is 0.273 e. The largest absolute Gasteiger partial charge is 0.488 e. The molecule has 18 heavy (non-hydrogen) atoms. The highest BCUT2D eigenvalue weighted by Crippen LogP contribution is 2.27. The van der Waals surface area contributed by atoms with Crippen molar-refractivity contribution in [1.82, 2.24) is 5.32 Å². The number of benzene rings is 1. The Labute approximate surface area is 106 Å². The van der Waals surface area contributed by atoms with E-state index in [0.717, 1.165) is 25.1 Å². The molecule has 0 spiro atoms. The predicted octanol–water partition coefficient (Wildman–Crippen LogP) is 2.28. The predicted molar refractivity (Wildman–Crippen MR) is 68.9 cm³/mol. The van der Waals surface area contributed by atoms with Gasteiger partial charge in [0.2, 0.25) is 0 Å². The van der Waals surface area contributed by atoms with E-state index in [4.69, 9.17) is 4.74 Å². The summed E-state index contributed by atoms with van der Waals surface area (Å²) in [4.78, 5) is 10.4. The van der Waals surface area contributed by atoms with Gasteiger partial charge in [0, 0.05) is 12.6 Å². The highest BCUT2D eigenvalue weighted by molar-refractivity contribution is 5.43. The van der Waals surface area contributed by atoms with Gasteiger partial charge in [0.15, 0.2) is 0 Å². The van der Waals surface area contributed by atoms with E-state index in [9.17, 15) is 10.1 Å². The molecule has 5 nitrogen and oxygen atoms in total. The minimum absolute atomic E-state index is 0.0759. The fourth-order valence-electron chi connectivity index (χ4n) is 2.11. The zero-order valence-electron chi connectivity index (χ0n) is 10.7. The van der Waals surface area contributed by atoms with Gasteiger partial charge in [0.1, 0.15) is 11.9 Å². The number of nitro groups is 1. The van der Waals surface area contributed by atoms with E-state index >= 15 is 0 Å². The average Bonchev–Trinajstić information content (AvgIpc) is 2.34. The molecule has 2 rings (SSSR count). The van der Waals surface area contributed by atoms with Crippen molar-refractivity contribution in [1.29, 1.82) is 0 Å². The van der Waals surface area contributed by atoms with Crippen molar-refractivity contribution in [2.24, 2.45) is 5.92 Å². The number of nitrogens with zero attached hydrogens (tertiary/aromatic N) is 1. The first-order chi connectivity index (χ1) is 8.58. The van der Waals surface area contributed by atoms with E-state index in [1.165, 1.54) is 12.1 Å². The first kappa shape index (κ1) is 12.8. The molecule has 1 N–H and O–H groups in total. The van der Waals surface area contributed by atoms with Crippen LogP contribution in [-0.2, 0) is 0 Å². The highest BCUT2D eigenvalue weighted by atomic mass is 16.6. The van der Waals surface area contributed by atoms with Crippen molar-refractivity contribution >= 4 is 5.69 Å². The van der Waals surface area contributed by atoms with Crippen LogP contribution in [0, 0.1) is 23.0 Å². The van der Waals surface area contributed by atoms with Crippen LogP contribution in [0.4, 0.5) is 5.69 Å². The summed E-state index contributed by atoms with van der Waals surface area (Å²) in [7, 11) is 0. The lowest BCUT2D eigenvalue weighted by molar-refractivity contribution is -0.385. The van der Waals surface area contributed by atoms with Crippen molar-refractivity contribution in [2.75, 3.05) is 13.1 Å². The van der Waals surface area contributed by atoms with Gasteiger partial charge >= 0.3 is 0 Å². The van der Waals surface area contributed by atoms with Crippen LogP contribution >= 0.6 is 0 Å². The summed E-state index contributed by atoms with van der Waals surface area (Å²) in [5.41, 5.74) is 1.00.